The van der Waals surface area contributed by atoms with Crippen LogP contribution in [0.2, 0.25) is 5.02 Å². The normalized spacial score (nSPS) is 10.6. The van der Waals surface area contributed by atoms with Crippen LogP contribution in [0.5, 0.6) is 5.75 Å². The molecule has 0 amide bonds. The fraction of sp³-hybridized carbons (Fsp3) is 0.333. The van der Waals surface area contributed by atoms with Crippen molar-refractivity contribution in [1.29, 1.82) is 0 Å². The molecule has 2 rings (SSSR count). The molecule has 3 nitrogen and oxygen atoms in total. The lowest BCUT2D eigenvalue weighted by molar-refractivity contribution is 0.302. The minimum absolute atomic E-state index is 0.525. The number of hydrogen-bond acceptors (Lipinski definition) is 3. The zero-order valence-electron chi connectivity index (χ0n) is 12.9. The van der Waals surface area contributed by atoms with Crippen LogP contribution in [0.25, 0.3) is 0 Å². The molecular weight excluding hydrogens is 296 g/mol. The lowest BCUT2D eigenvalue weighted by Crippen LogP contribution is -2.19. The van der Waals surface area contributed by atoms with Gasteiger partial charge in [-0.1, -0.05) is 41.9 Å². The molecule has 0 aliphatic carbocycles. The van der Waals surface area contributed by atoms with Crippen LogP contribution in [-0.2, 0) is 13.2 Å². The van der Waals surface area contributed by atoms with Crippen molar-refractivity contribution in [3.8, 4) is 5.75 Å². The molecule has 0 atom stereocenters. The van der Waals surface area contributed by atoms with E-state index in [-0.39, 0.29) is 0 Å². The van der Waals surface area contributed by atoms with Crippen LogP contribution in [0.1, 0.15) is 17.5 Å². The van der Waals surface area contributed by atoms with E-state index in [9.17, 15) is 0 Å². The summed E-state index contributed by atoms with van der Waals surface area (Å²) in [4.78, 5) is 0. The summed E-state index contributed by atoms with van der Waals surface area (Å²) in [6, 6.07) is 15.9. The third-order valence-electron chi connectivity index (χ3n) is 3.35. The predicted octanol–water partition coefficient (Wildman–Crippen LogP) is 3.62. The Kier molecular flexibility index (Phi) is 7.23. The fourth-order valence-corrected chi connectivity index (χ4v) is 2.40. The average molecular weight is 319 g/mol. The molecule has 0 unspecified atom stereocenters. The molecule has 0 saturated heterocycles. The Labute approximate surface area is 137 Å². The molecule has 0 heterocycles. The van der Waals surface area contributed by atoms with Gasteiger partial charge in [-0.25, -0.2) is 0 Å². The molecule has 4 heteroatoms. The largest absolute Gasteiger partial charge is 0.489 e. The Morgan fingerprint density at radius 3 is 2.73 bits per heavy atom. The van der Waals surface area contributed by atoms with Crippen molar-refractivity contribution in [2.24, 2.45) is 0 Å². The van der Waals surface area contributed by atoms with Gasteiger partial charge in [0.2, 0.25) is 0 Å². The molecule has 0 spiro atoms. The van der Waals surface area contributed by atoms with E-state index in [1.807, 2.05) is 49.5 Å². The smallest absolute Gasteiger partial charge is 0.124 e. The van der Waals surface area contributed by atoms with E-state index in [0.29, 0.717) is 6.61 Å². The molecule has 2 aromatic carbocycles. The van der Waals surface area contributed by atoms with Crippen molar-refractivity contribution in [1.82, 2.24) is 10.6 Å². The molecule has 22 heavy (non-hydrogen) atoms. The Morgan fingerprint density at radius 1 is 1.05 bits per heavy atom. The zero-order valence-corrected chi connectivity index (χ0v) is 13.7. The molecule has 2 N–H and O–H groups in total. The Hall–Kier alpha value is -1.55. The minimum atomic E-state index is 0.525. The van der Waals surface area contributed by atoms with E-state index in [2.05, 4.69) is 16.7 Å². The molecule has 0 radical (unpaired) electrons. The lowest BCUT2D eigenvalue weighted by atomic mass is 10.2. The van der Waals surface area contributed by atoms with Crippen LogP contribution < -0.4 is 15.4 Å². The summed E-state index contributed by atoms with van der Waals surface area (Å²) in [6.07, 6.45) is 1.11. The summed E-state index contributed by atoms with van der Waals surface area (Å²) < 4.78 is 5.95. The van der Waals surface area contributed by atoms with Gasteiger partial charge in [-0.05, 0) is 50.3 Å². The summed E-state index contributed by atoms with van der Waals surface area (Å²) in [5, 5.41) is 7.33. The van der Waals surface area contributed by atoms with Crippen molar-refractivity contribution in [2.45, 2.75) is 19.6 Å². The summed E-state index contributed by atoms with van der Waals surface area (Å²) in [5.41, 5.74) is 2.25. The van der Waals surface area contributed by atoms with E-state index >= 15 is 0 Å². The molecule has 0 bridgehead atoms. The fourth-order valence-electron chi connectivity index (χ4n) is 2.19. The van der Waals surface area contributed by atoms with Crippen LogP contribution in [0.4, 0.5) is 0 Å². The van der Waals surface area contributed by atoms with Crippen molar-refractivity contribution in [3.05, 3.63) is 64.7 Å². The highest BCUT2D eigenvalue weighted by Crippen LogP contribution is 2.20. The lowest BCUT2D eigenvalue weighted by Gasteiger charge is -2.12. The molecule has 0 aromatic heterocycles. The number of halogens is 1. The Bertz CT molecular complexity index is 575. The van der Waals surface area contributed by atoms with Gasteiger partial charge in [0.05, 0.1) is 0 Å². The van der Waals surface area contributed by atoms with Gasteiger partial charge in [-0.3, -0.25) is 0 Å². The third-order valence-corrected chi connectivity index (χ3v) is 3.59. The molecule has 0 aliphatic rings. The van der Waals surface area contributed by atoms with Crippen molar-refractivity contribution >= 4 is 11.6 Å². The molecule has 0 saturated carbocycles. The summed E-state index contributed by atoms with van der Waals surface area (Å²) in [5.74, 6) is 0.920. The van der Waals surface area contributed by atoms with Crippen LogP contribution in [0.15, 0.2) is 48.5 Å². The summed E-state index contributed by atoms with van der Waals surface area (Å²) in [6.45, 7) is 3.36. The van der Waals surface area contributed by atoms with Gasteiger partial charge in [-0.2, -0.15) is 0 Å². The van der Waals surface area contributed by atoms with Crippen LogP contribution >= 0.6 is 11.6 Å². The van der Waals surface area contributed by atoms with Gasteiger partial charge in [-0.15, -0.1) is 0 Å². The maximum atomic E-state index is 6.00. The molecule has 0 fully saturated rings. The number of nitrogens with one attached hydrogen (secondary N) is 2. The van der Waals surface area contributed by atoms with Gasteiger partial charge in [0.1, 0.15) is 12.4 Å². The van der Waals surface area contributed by atoms with Gasteiger partial charge in [0.25, 0.3) is 0 Å². The standard InChI is InChI=1S/C18H23ClN2O/c1-20-10-5-11-21-13-16-7-2-3-9-18(16)22-14-15-6-4-8-17(19)12-15/h2-4,6-9,12,20-21H,5,10-11,13-14H2,1H3. The van der Waals surface area contributed by atoms with Crippen LogP contribution in [-0.4, -0.2) is 20.1 Å². The maximum Gasteiger partial charge on any atom is 0.124 e. The van der Waals surface area contributed by atoms with Gasteiger partial charge < -0.3 is 15.4 Å². The molecule has 118 valence electrons. The zero-order chi connectivity index (χ0) is 15.6. The van der Waals surface area contributed by atoms with E-state index < -0.39 is 0 Å². The van der Waals surface area contributed by atoms with E-state index in [1.165, 1.54) is 5.56 Å². The maximum absolute atomic E-state index is 6.00. The third kappa shape index (κ3) is 5.68. The predicted molar refractivity (Wildman–Crippen MR) is 92.5 cm³/mol. The quantitative estimate of drug-likeness (QED) is 0.693. The molecular formula is C18H23ClN2O. The van der Waals surface area contributed by atoms with E-state index in [0.717, 1.165) is 42.4 Å². The highest BCUT2D eigenvalue weighted by atomic mass is 35.5. The monoisotopic (exact) mass is 318 g/mol. The Morgan fingerprint density at radius 2 is 1.91 bits per heavy atom. The van der Waals surface area contributed by atoms with Crippen LogP contribution in [0.3, 0.4) is 0 Å². The second-order valence-electron chi connectivity index (χ2n) is 5.16. The first-order valence-electron chi connectivity index (χ1n) is 7.60. The minimum Gasteiger partial charge on any atom is -0.489 e. The molecule has 2 aromatic rings. The first-order valence-corrected chi connectivity index (χ1v) is 7.98. The Balaban J connectivity index is 1.87. The number of benzene rings is 2. The number of rotatable bonds is 9. The topological polar surface area (TPSA) is 33.3 Å². The average Bonchev–Trinajstić information content (AvgIpc) is 2.54. The van der Waals surface area contributed by atoms with Crippen molar-refractivity contribution in [3.63, 3.8) is 0 Å². The first kappa shape index (κ1) is 16.8. The molecule has 0 aliphatic heterocycles. The van der Waals surface area contributed by atoms with Crippen molar-refractivity contribution in [2.75, 3.05) is 20.1 Å². The van der Waals surface area contributed by atoms with Crippen LogP contribution in [0, 0.1) is 0 Å². The highest BCUT2D eigenvalue weighted by molar-refractivity contribution is 6.30. The van der Waals surface area contributed by atoms with E-state index in [4.69, 9.17) is 16.3 Å². The van der Waals surface area contributed by atoms with Gasteiger partial charge in [0, 0.05) is 17.1 Å². The van der Waals surface area contributed by atoms with Crippen molar-refractivity contribution < 1.29 is 4.74 Å². The van der Waals surface area contributed by atoms with Gasteiger partial charge in [0.15, 0.2) is 0 Å². The first-order chi connectivity index (χ1) is 10.8. The summed E-state index contributed by atoms with van der Waals surface area (Å²) in [7, 11) is 1.97. The number of hydrogen-bond donors (Lipinski definition) is 2. The highest BCUT2D eigenvalue weighted by Gasteiger charge is 2.03. The number of para-hydroxylation sites is 1. The second kappa shape index (κ2) is 9.46. The number of ether oxygens (including phenoxy) is 1. The SMILES string of the molecule is CNCCCNCc1ccccc1OCc1cccc(Cl)c1. The van der Waals surface area contributed by atoms with Gasteiger partial charge >= 0.3 is 0 Å². The van der Waals surface area contributed by atoms with E-state index in [1.54, 1.807) is 0 Å². The summed E-state index contributed by atoms with van der Waals surface area (Å²) >= 11 is 6.00. The second-order valence-corrected chi connectivity index (χ2v) is 5.60.